The number of aromatic nitrogens is 1. The molecule has 0 spiro atoms. The molecular weight excluding hydrogens is 340 g/mol. The number of nitrogens with one attached hydrogen (secondary N) is 1. The molecule has 1 aromatic carbocycles. The molecule has 0 aliphatic carbocycles. The topological polar surface area (TPSA) is 112 Å². The molecule has 7 heteroatoms. The predicted octanol–water partition coefficient (Wildman–Crippen LogP) is 4.15. The monoisotopic (exact) mass is 360 g/mol. The second-order valence-electron chi connectivity index (χ2n) is 6.58. The Labute approximate surface area is 146 Å². The number of amides is 1. The third kappa shape index (κ3) is 2.95. The van der Waals surface area contributed by atoms with Gasteiger partial charge in [-0.25, -0.2) is 0 Å². The Morgan fingerprint density at radius 1 is 1.32 bits per heavy atom. The SMILES string of the molecule is NC(=O)c1cc(-c2ccoc2)cc2c(C3CCCS(O)(O)C3)c[nH]c12. The van der Waals surface area contributed by atoms with Crippen LogP contribution in [-0.2, 0) is 0 Å². The molecule has 0 saturated carbocycles. The summed E-state index contributed by atoms with van der Waals surface area (Å²) in [7, 11) is -2.53. The van der Waals surface area contributed by atoms with Gasteiger partial charge in [-0.1, -0.05) is 0 Å². The van der Waals surface area contributed by atoms with E-state index in [1.54, 1.807) is 18.6 Å². The van der Waals surface area contributed by atoms with E-state index < -0.39 is 16.5 Å². The molecule has 132 valence electrons. The van der Waals surface area contributed by atoms with Crippen molar-refractivity contribution in [2.24, 2.45) is 5.73 Å². The highest BCUT2D eigenvalue weighted by molar-refractivity contribution is 8.24. The number of primary amides is 1. The van der Waals surface area contributed by atoms with Crippen molar-refractivity contribution < 1.29 is 18.3 Å². The van der Waals surface area contributed by atoms with Gasteiger partial charge in [-0.15, -0.1) is 0 Å². The maximum absolute atomic E-state index is 11.9. The van der Waals surface area contributed by atoms with Crippen LogP contribution in [0.3, 0.4) is 0 Å². The van der Waals surface area contributed by atoms with Gasteiger partial charge in [0.25, 0.3) is 5.91 Å². The highest BCUT2D eigenvalue weighted by Crippen LogP contribution is 2.50. The third-order valence-electron chi connectivity index (χ3n) is 4.87. The zero-order chi connectivity index (χ0) is 17.6. The summed E-state index contributed by atoms with van der Waals surface area (Å²) in [5, 5.41) is 0.898. The molecule has 1 unspecified atom stereocenters. The standard InChI is InChI=1S/C18H20N2O4S/c19-18(21)15-7-13(11-3-4-24-9-11)6-14-16(8-20-17(14)15)12-2-1-5-25(22,23)10-12/h3-4,6-9,12,20,22-23H,1-2,5,10H2,(H2,19,21). The summed E-state index contributed by atoms with van der Waals surface area (Å²) in [5.41, 5.74) is 9.40. The summed E-state index contributed by atoms with van der Waals surface area (Å²) in [6.07, 6.45) is 6.74. The van der Waals surface area contributed by atoms with E-state index in [1.165, 1.54) is 0 Å². The second-order valence-corrected chi connectivity index (χ2v) is 8.92. The molecule has 1 aliphatic rings. The lowest BCUT2D eigenvalue weighted by Crippen LogP contribution is -2.20. The second kappa shape index (κ2) is 5.94. The molecule has 1 fully saturated rings. The van der Waals surface area contributed by atoms with Crippen molar-refractivity contribution in [1.29, 1.82) is 0 Å². The van der Waals surface area contributed by atoms with Gasteiger partial charge in [-0.3, -0.25) is 13.9 Å². The van der Waals surface area contributed by atoms with E-state index in [-0.39, 0.29) is 5.92 Å². The number of hydrogen-bond donors (Lipinski definition) is 4. The molecule has 0 bridgehead atoms. The molecule has 2 aromatic heterocycles. The molecule has 1 aliphatic heterocycles. The van der Waals surface area contributed by atoms with Crippen LogP contribution in [0, 0.1) is 0 Å². The fourth-order valence-corrected chi connectivity index (χ4v) is 5.46. The van der Waals surface area contributed by atoms with Gasteiger partial charge in [0.1, 0.15) is 0 Å². The van der Waals surface area contributed by atoms with Gasteiger partial charge in [0.15, 0.2) is 0 Å². The minimum atomic E-state index is -2.53. The summed E-state index contributed by atoms with van der Waals surface area (Å²) >= 11 is 0. The Kier molecular flexibility index (Phi) is 3.87. The van der Waals surface area contributed by atoms with Crippen LogP contribution in [0.4, 0.5) is 0 Å². The summed E-state index contributed by atoms with van der Waals surface area (Å²) in [5.74, 6) is 0.380. The van der Waals surface area contributed by atoms with E-state index in [4.69, 9.17) is 10.2 Å². The summed E-state index contributed by atoms with van der Waals surface area (Å²) in [6.45, 7) is 0. The van der Waals surface area contributed by atoms with E-state index in [1.807, 2.05) is 18.3 Å². The van der Waals surface area contributed by atoms with Crippen LogP contribution in [0.2, 0.25) is 0 Å². The van der Waals surface area contributed by atoms with Crippen molar-refractivity contribution >= 4 is 27.4 Å². The molecule has 1 amide bonds. The van der Waals surface area contributed by atoms with E-state index in [0.29, 0.717) is 22.6 Å². The van der Waals surface area contributed by atoms with Crippen molar-refractivity contribution in [3.8, 4) is 11.1 Å². The lowest BCUT2D eigenvalue weighted by molar-refractivity contribution is 0.100. The van der Waals surface area contributed by atoms with Crippen LogP contribution in [0.5, 0.6) is 0 Å². The Balaban J connectivity index is 1.88. The lowest BCUT2D eigenvalue weighted by Gasteiger charge is -2.40. The fourth-order valence-electron chi connectivity index (χ4n) is 3.68. The number of furan rings is 1. The van der Waals surface area contributed by atoms with E-state index in [9.17, 15) is 13.9 Å². The summed E-state index contributed by atoms with van der Waals surface area (Å²) < 4.78 is 25.4. The van der Waals surface area contributed by atoms with Crippen LogP contribution >= 0.6 is 10.6 Å². The number of carbonyl (C=O) groups excluding carboxylic acids is 1. The van der Waals surface area contributed by atoms with Gasteiger partial charge in [0.05, 0.1) is 23.6 Å². The number of aromatic amines is 1. The molecule has 5 N–H and O–H groups in total. The first-order chi connectivity index (χ1) is 11.9. The highest BCUT2D eigenvalue weighted by atomic mass is 32.3. The smallest absolute Gasteiger partial charge is 0.250 e. The van der Waals surface area contributed by atoms with E-state index in [0.717, 1.165) is 34.9 Å². The lowest BCUT2D eigenvalue weighted by atomic mass is 9.93. The molecule has 3 aromatic rings. The Morgan fingerprint density at radius 2 is 2.16 bits per heavy atom. The average molecular weight is 360 g/mol. The number of carbonyl (C=O) groups is 1. The molecule has 0 radical (unpaired) electrons. The number of nitrogens with two attached hydrogens (primary N) is 1. The van der Waals surface area contributed by atoms with E-state index in [2.05, 4.69) is 4.98 Å². The zero-order valence-corrected chi connectivity index (χ0v) is 14.4. The van der Waals surface area contributed by atoms with Crippen molar-refractivity contribution in [3.63, 3.8) is 0 Å². The summed E-state index contributed by atoms with van der Waals surface area (Å²) in [4.78, 5) is 15.1. The molecule has 1 atom stereocenters. The molecule has 4 rings (SSSR count). The maximum Gasteiger partial charge on any atom is 0.250 e. The molecule has 3 heterocycles. The van der Waals surface area contributed by atoms with Gasteiger partial charge in [-0.2, -0.15) is 10.6 Å². The number of benzene rings is 1. The van der Waals surface area contributed by atoms with Gasteiger partial charge in [0, 0.05) is 34.6 Å². The molecule has 1 saturated heterocycles. The largest absolute Gasteiger partial charge is 0.472 e. The third-order valence-corrected chi connectivity index (χ3v) is 6.75. The fraction of sp³-hybridized carbons (Fsp3) is 0.278. The van der Waals surface area contributed by atoms with Crippen molar-refractivity contribution in [2.75, 3.05) is 11.5 Å². The van der Waals surface area contributed by atoms with Crippen LogP contribution in [-0.4, -0.2) is 31.5 Å². The van der Waals surface area contributed by atoms with E-state index >= 15 is 0 Å². The van der Waals surface area contributed by atoms with Crippen LogP contribution < -0.4 is 5.73 Å². The number of rotatable bonds is 3. The number of H-pyrrole nitrogens is 1. The highest BCUT2D eigenvalue weighted by Gasteiger charge is 2.28. The van der Waals surface area contributed by atoms with Crippen LogP contribution in [0.1, 0.15) is 34.7 Å². The van der Waals surface area contributed by atoms with Crippen molar-refractivity contribution in [1.82, 2.24) is 4.98 Å². The van der Waals surface area contributed by atoms with Crippen molar-refractivity contribution in [3.05, 3.63) is 48.0 Å². The normalized spacial score (nSPS) is 21.3. The van der Waals surface area contributed by atoms with Crippen molar-refractivity contribution in [2.45, 2.75) is 18.8 Å². The minimum Gasteiger partial charge on any atom is -0.472 e. The average Bonchev–Trinajstić information content (AvgIpc) is 3.22. The Bertz CT molecular complexity index is 930. The number of fused-ring (bicyclic) bond motifs is 1. The molecular formula is C18H20N2O4S. The van der Waals surface area contributed by atoms with Gasteiger partial charge >= 0.3 is 0 Å². The van der Waals surface area contributed by atoms with Gasteiger partial charge in [-0.05, 0) is 42.2 Å². The molecule has 6 nitrogen and oxygen atoms in total. The predicted molar refractivity (Wildman–Crippen MR) is 99.1 cm³/mol. The zero-order valence-electron chi connectivity index (χ0n) is 13.6. The van der Waals surface area contributed by atoms with Crippen LogP contribution in [0.25, 0.3) is 22.0 Å². The molecule has 25 heavy (non-hydrogen) atoms. The minimum absolute atomic E-state index is 0.0489. The quantitative estimate of drug-likeness (QED) is 0.562. The van der Waals surface area contributed by atoms with Gasteiger partial charge in [0.2, 0.25) is 0 Å². The first kappa shape index (κ1) is 16.3. The first-order valence-electron chi connectivity index (χ1n) is 8.15. The Morgan fingerprint density at radius 3 is 2.84 bits per heavy atom. The summed E-state index contributed by atoms with van der Waals surface area (Å²) in [6, 6.07) is 5.58. The maximum atomic E-state index is 11.9. The number of hydrogen-bond acceptors (Lipinski definition) is 4. The van der Waals surface area contributed by atoms with Gasteiger partial charge < -0.3 is 15.1 Å². The Hall–Kier alpha value is -2.22. The van der Waals surface area contributed by atoms with Crippen LogP contribution in [0.15, 0.2) is 41.3 Å². The first-order valence-corrected chi connectivity index (χ1v) is 10.0.